The first-order chi connectivity index (χ1) is 9.82. The van der Waals surface area contributed by atoms with E-state index in [-0.39, 0.29) is 13.0 Å². The molecule has 1 aromatic carbocycles. The van der Waals surface area contributed by atoms with Crippen LogP contribution >= 0.6 is 0 Å². The lowest BCUT2D eigenvalue weighted by atomic mass is 10.0. The van der Waals surface area contributed by atoms with Gasteiger partial charge in [0.15, 0.2) is 17.5 Å². The Hall–Kier alpha value is -2.25. The average molecular weight is 302 g/mol. The molecule has 0 spiro atoms. The Balaban J connectivity index is 2.13. The number of rotatable bonds is 2. The smallest absolute Gasteiger partial charge is 0.407 e. The SMILES string of the molecule is C[C@H]1[C@@H](C(=O)Nc2ccc(F)c(F)c2F)CCN1C(=O)O. The zero-order chi connectivity index (χ0) is 15.7. The van der Waals surface area contributed by atoms with E-state index in [0.29, 0.717) is 6.07 Å². The highest BCUT2D eigenvalue weighted by atomic mass is 19.2. The molecule has 1 aliphatic rings. The van der Waals surface area contributed by atoms with Crippen molar-refractivity contribution in [2.24, 2.45) is 5.92 Å². The number of benzene rings is 1. The first-order valence-electron chi connectivity index (χ1n) is 6.27. The van der Waals surface area contributed by atoms with Gasteiger partial charge < -0.3 is 15.3 Å². The Morgan fingerprint density at radius 2 is 1.95 bits per heavy atom. The molecule has 0 saturated carbocycles. The van der Waals surface area contributed by atoms with Crippen molar-refractivity contribution >= 4 is 17.7 Å². The van der Waals surface area contributed by atoms with Crippen LogP contribution in [0.4, 0.5) is 23.7 Å². The molecule has 1 heterocycles. The van der Waals surface area contributed by atoms with E-state index in [1.54, 1.807) is 6.92 Å². The predicted molar refractivity (Wildman–Crippen MR) is 67.2 cm³/mol. The molecule has 1 aliphatic heterocycles. The molecule has 0 unspecified atom stereocenters. The number of nitrogens with one attached hydrogen (secondary N) is 1. The van der Waals surface area contributed by atoms with E-state index >= 15 is 0 Å². The molecule has 0 aliphatic carbocycles. The molecule has 2 amide bonds. The number of anilines is 1. The molecule has 1 fully saturated rings. The Kier molecular flexibility index (Phi) is 4.06. The van der Waals surface area contributed by atoms with Crippen LogP contribution in [-0.2, 0) is 4.79 Å². The number of carbonyl (C=O) groups is 2. The standard InChI is InChI=1S/C13H13F3N2O3/c1-6-7(4-5-18(6)13(20)21)12(19)17-9-3-2-8(14)10(15)11(9)16/h2-3,6-7H,4-5H2,1H3,(H,17,19)(H,20,21)/t6-,7-/m0/s1. The molecule has 1 aromatic rings. The van der Waals surface area contributed by atoms with Gasteiger partial charge in [-0.1, -0.05) is 0 Å². The maximum Gasteiger partial charge on any atom is 0.407 e. The van der Waals surface area contributed by atoms with E-state index in [2.05, 4.69) is 5.32 Å². The van der Waals surface area contributed by atoms with Crippen molar-refractivity contribution in [3.8, 4) is 0 Å². The van der Waals surface area contributed by atoms with Crippen molar-refractivity contribution in [2.75, 3.05) is 11.9 Å². The van der Waals surface area contributed by atoms with E-state index in [1.807, 2.05) is 0 Å². The van der Waals surface area contributed by atoms with E-state index in [9.17, 15) is 22.8 Å². The first-order valence-corrected chi connectivity index (χ1v) is 6.27. The maximum absolute atomic E-state index is 13.5. The topological polar surface area (TPSA) is 69.6 Å². The van der Waals surface area contributed by atoms with Crippen LogP contribution in [0, 0.1) is 23.4 Å². The van der Waals surface area contributed by atoms with Crippen LogP contribution in [0.5, 0.6) is 0 Å². The van der Waals surface area contributed by atoms with Crippen LogP contribution in [0.15, 0.2) is 12.1 Å². The molecule has 21 heavy (non-hydrogen) atoms. The molecule has 2 rings (SSSR count). The van der Waals surface area contributed by atoms with Gasteiger partial charge in [-0.2, -0.15) is 0 Å². The number of amides is 2. The normalized spacial score (nSPS) is 21.4. The third-order valence-corrected chi connectivity index (χ3v) is 3.63. The number of carboxylic acid groups (broad SMARTS) is 1. The number of carbonyl (C=O) groups excluding carboxylic acids is 1. The van der Waals surface area contributed by atoms with E-state index < -0.39 is 47.1 Å². The van der Waals surface area contributed by atoms with Crippen molar-refractivity contribution in [3.63, 3.8) is 0 Å². The number of hydrogen-bond acceptors (Lipinski definition) is 2. The second kappa shape index (κ2) is 5.63. The zero-order valence-electron chi connectivity index (χ0n) is 11.1. The van der Waals surface area contributed by atoms with Gasteiger partial charge >= 0.3 is 6.09 Å². The van der Waals surface area contributed by atoms with E-state index in [1.165, 1.54) is 0 Å². The lowest BCUT2D eigenvalue weighted by Gasteiger charge is -2.21. The number of nitrogens with zero attached hydrogens (tertiary/aromatic N) is 1. The second-order valence-electron chi connectivity index (χ2n) is 4.82. The van der Waals surface area contributed by atoms with Gasteiger partial charge in [0, 0.05) is 12.6 Å². The van der Waals surface area contributed by atoms with Crippen LogP contribution < -0.4 is 5.32 Å². The Morgan fingerprint density at radius 1 is 1.29 bits per heavy atom. The number of hydrogen-bond donors (Lipinski definition) is 2. The Labute approximate surface area is 118 Å². The first kappa shape index (κ1) is 15.1. The number of likely N-dealkylation sites (tertiary alicyclic amines) is 1. The minimum absolute atomic E-state index is 0.189. The van der Waals surface area contributed by atoms with Crippen LogP contribution in [-0.4, -0.2) is 34.6 Å². The van der Waals surface area contributed by atoms with Crippen LogP contribution in [0.3, 0.4) is 0 Å². The highest BCUT2D eigenvalue weighted by Crippen LogP contribution is 2.27. The third kappa shape index (κ3) is 2.79. The van der Waals surface area contributed by atoms with E-state index in [4.69, 9.17) is 5.11 Å². The van der Waals surface area contributed by atoms with Crippen molar-refractivity contribution in [1.82, 2.24) is 4.90 Å². The summed E-state index contributed by atoms with van der Waals surface area (Å²) in [5, 5.41) is 11.1. The lowest BCUT2D eigenvalue weighted by Crippen LogP contribution is -2.38. The van der Waals surface area contributed by atoms with Gasteiger partial charge in [0.2, 0.25) is 5.91 Å². The second-order valence-corrected chi connectivity index (χ2v) is 4.82. The molecule has 1 saturated heterocycles. The van der Waals surface area contributed by atoms with Gasteiger partial charge in [-0.15, -0.1) is 0 Å². The largest absolute Gasteiger partial charge is 0.465 e. The molecular formula is C13H13F3N2O3. The molecule has 0 radical (unpaired) electrons. The third-order valence-electron chi connectivity index (χ3n) is 3.63. The molecule has 0 aromatic heterocycles. The van der Waals surface area contributed by atoms with Crippen LogP contribution in [0.25, 0.3) is 0 Å². The highest BCUT2D eigenvalue weighted by Gasteiger charge is 2.38. The quantitative estimate of drug-likeness (QED) is 0.824. The fraction of sp³-hybridized carbons (Fsp3) is 0.385. The lowest BCUT2D eigenvalue weighted by molar-refractivity contribution is -0.120. The van der Waals surface area contributed by atoms with Gasteiger partial charge in [0.1, 0.15) is 0 Å². The van der Waals surface area contributed by atoms with Gasteiger partial charge in [-0.3, -0.25) is 4.79 Å². The molecular weight excluding hydrogens is 289 g/mol. The van der Waals surface area contributed by atoms with Gasteiger partial charge in [-0.25, -0.2) is 18.0 Å². The van der Waals surface area contributed by atoms with E-state index in [0.717, 1.165) is 11.0 Å². The highest BCUT2D eigenvalue weighted by molar-refractivity contribution is 5.93. The van der Waals surface area contributed by atoms with Crippen molar-refractivity contribution < 1.29 is 27.9 Å². The Bertz CT molecular complexity index is 594. The van der Waals surface area contributed by atoms with Crippen LogP contribution in [0.2, 0.25) is 0 Å². The summed E-state index contributed by atoms with van der Waals surface area (Å²) in [6.07, 6.45) is -0.860. The Morgan fingerprint density at radius 3 is 2.52 bits per heavy atom. The molecule has 2 atom stereocenters. The summed E-state index contributed by atoms with van der Waals surface area (Å²) in [5.74, 6) is -5.80. The summed E-state index contributed by atoms with van der Waals surface area (Å²) in [7, 11) is 0. The van der Waals surface area contributed by atoms with Crippen molar-refractivity contribution in [2.45, 2.75) is 19.4 Å². The number of halogens is 3. The zero-order valence-corrected chi connectivity index (χ0v) is 11.1. The minimum Gasteiger partial charge on any atom is -0.465 e. The van der Waals surface area contributed by atoms with Crippen molar-refractivity contribution in [1.29, 1.82) is 0 Å². The van der Waals surface area contributed by atoms with Gasteiger partial charge in [0.05, 0.1) is 11.6 Å². The predicted octanol–water partition coefficient (Wildman–Crippen LogP) is 2.43. The molecule has 114 valence electrons. The molecule has 2 N–H and O–H groups in total. The van der Waals surface area contributed by atoms with Gasteiger partial charge in [-0.05, 0) is 25.5 Å². The summed E-state index contributed by atoms with van der Waals surface area (Å²) in [4.78, 5) is 24.0. The van der Waals surface area contributed by atoms with Gasteiger partial charge in [0.25, 0.3) is 0 Å². The maximum atomic E-state index is 13.5. The fourth-order valence-electron chi connectivity index (χ4n) is 2.41. The summed E-state index contributed by atoms with van der Waals surface area (Å²) < 4.78 is 39.4. The fourth-order valence-corrected chi connectivity index (χ4v) is 2.41. The molecule has 5 nitrogen and oxygen atoms in total. The monoisotopic (exact) mass is 302 g/mol. The summed E-state index contributed by atoms with van der Waals surface area (Å²) in [6.45, 7) is 1.75. The summed E-state index contributed by atoms with van der Waals surface area (Å²) in [6, 6.07) is 1.05. The molecule has 8 heteroatoms. The summed E-state index contributed by atoms with van der Waals surface area (Å²) >= 11 is 0. The van der Waals surface area contributed by atoms with Crippen molar-refractivity contribution in [3.05, 3.63) is 29.6 Å². The average Bonchev–Trinajstić information content (AvgIpc) is 2.81. The van der Waals surface area contributed by atoms with Crippen LogP contribution in [0.1, 0.15) is 13.3 Å². The minimum atomic E-state index is -1.67. The molecule has 0 bridgehead atoms. The summed E-state index contributed by atoms with van der Waals surface area (Å²) in [5.41, 5.74) is -0.472.